The highest BCUT2D eigenvalue weighted by atomic mass is 16.2. The van der Waals surface area contributed by atoms with E-state index in [1.54, 1.807) is 12.1 Å². The summed E-state index contributed by atoms with van der Waals surface area (Å²) in [6.45, 7) is 4.14. The minimum absolute atomic E-state index is 0.217. The number of nitrogens with zero attached hydrogens (tertiary/aromatic N) is 2. The Morgan fingerprint density at radius 1 is 1.56 bits per heavy atom. The molecule has 0 radical (unpaired) electrons. The van der Waals surface area contributed by atoms with E-state index in [0.29, 0.717) is 12.1 Å². The van der Waals surface area contributed by atoms with Crippen LogP contribution in [0.2, 0.25) is 0 Å². The molecule has 0 saturated carbocycles. The summed E-state index contributed by atoms with van der Waals surface area (Å²) in [6.07, 6.45) is 0. The molecule has 0 fully saturated rings. The maximum absolute atomic E-state index is 11.6. The van der Waals surface area contributed by atoms with Crippen molar-refractivity contribution in [3.05, 3.63) is 29.8 Å². The lowest BCUT2D eigenvalue weighted by atomic mass is 9.91. The van der Waals surface area contributed by atoms with Crippen LogP contribution >= 0.6 is 0 Å². The van der Waals surface area contributed by atoms with Crippen molar-refractivity contribution < 1.29 is 4.79 Å². The molecule has 0 heterocycles. The summed E-state index contributed by atoms with van der Waals surface area (Å²) in [4.78, 5) is 13.5. The van der Waals surface area contributed by atoms with Crippen LogP contribution in [0.25, 0.3) is 0 Å². The number of amides is 1. The fourth-order valence-electron chi connectivity index (χ4n) is 1.76. The van der Waals surface area contributed by atoms with Gasteiger partial charge in [0.25, 0.3) is 0 Å². The average Bonchev–Trinajstić information content (AvgIpc) is 2.37. The fraction of sp³-hybridized carbons (Fsp3) is 0.385. The zero-order chi connectivity index (χ0) is 13.8. The fourth-order valence-corrected chi connectivity index (χ4v) is 1.76. The van der Waals surface area contributed by atoms with Gasteiger partial charge in [0.05, 0.1) is 17.0 Å². The summed E-state index contributed by atoms with van der Waals surface area (Å²) in [6, 6.07) is 9.35. The van der Waals surface area contributed by atoms with Gasteiger partial charge in [0, 0.05) is 19.3 Å². The number of carbonyl (C=O) groups is 1. The van der Waals surface area contributed by atoms with Crippen LogP contribution in [-0.2, 0) is 4.79 Å². The lowest BCUT2D eigenvalue weighted by Gasteiger charge is -2.30. The van der Waals surface area contributed by atoms with E-state index in [4.69, 9.17) is 11.1 Å². The molecule has 18 heavy (non-hydrogen) atoms. The molecule has 0 spiro atoms. The lowest BCUT2D eigenvalue weighted by Crippen LogP contribution is -2.46. The van der Waals surface area contributed by atoms with Gasteiger partial charge in [0.1, 0.15) is 0 Å². The number of nitriles is 1. The van der Waals surface area contributed by atoms with Gasteiger partial charge >= 0.3 is 0 Å². The van der Waals surface area contributed by atoms with Crippen LogP contribution in [-0.4, -0.2) is 19.5 Å². The molecule has 0 aliphatic heterocycles. The van der Waals surface area contributed by atoms with Gasteiger partial charge in [-0.1, -0.05) is 6.07 Å². The van der Waals surface area contributed by atoms with Gasteiger partial charge in [-0.3, -0.25) is 10.2 Å². The van der Waals surface area contributed by atoms with Crippen LogP contribution in [0.15, 0.2) is 24.3 Å². The molecule has 1 amide bonds. The van der Waals surface area contributed by atoms with Crippen LogP contribution in [0.3, 0.4) is 0 Å². The predicted octanol–water partition coefficient (Wildman–Crippen LogP) is 1.01. The SMILES string of the molecule is CN(CC(C)(C)C(=O)NN)c1cccc(C#N)c1. The Morgan fingerprint density at radius 2 is 2.22 bits per heavy atom. The number of nitrogens with one attached hydrogen (secondary N) is 1. The zero-order valence-corrected chi connectivity index (χ0v) is 10.9. The molecule has 1 aromatic rings. The van der Waals surface area contributed by atoms with Crippen molar-refractivity contribution in [1.29, 1.82) is 5.26 Å². The second-order valence-corrected chi connectivity index (χ2v) is 4.88. The van der Waals surface area contributed by atoms with Crippen molar-refractivity contribution in [3.63, 3.8) is 0 Å². The van der Waals surface area contributed by atoms with Crippen molar-refractivity contribution in [1.82, 2.24) is 5.43 Å². The maximum atomic E-state index is 11.6. The first kappa shape index (κ1) is 14.0. The minimum Gasteiger partial charge on any atom is -0.374 e. The summed E-state index contributed by atoms with van der Waals surface area (Å²) >= 11 is 0. The predicted molar refractivity (Wildman–Crippen MR) is 70.5 cm³/mol. The Hall–Kier alpha value is -2.06. The van der Waals surface area contributed by atoms with E-state index in [2.05, 4.69) is 11.5 Å². The summed E-state index contributed by atoms with van der Waals surface area (Å²) in [7, 11) is 1.88. The third-order valence-corrected chi connectivity index (χ3v) is 2.79. The molecule has 5 heteroatoms. The molecule has 0 unspecified atom stereocenters. The monoisotopic (exact) mass is 246 g/mol. The van der Waals surface area contributed by atoms with Crippen molar-refractivity contribution in [2.24, 2.45) is 11.3 Å². The normalized spacial score (nSPS) is 10.6. The van der Waals surface area contributed by atoms with Crippen LogP contribution in [0.1, 0.15) is 19.4 Å². The van der Waals surface area contributed by atoms with Gasteiger partial charge in [0.15, 0.2) is 0 Å². The summed E-state index contributed by atoms with van der Waals surface area (Å²) in [5, 5.41) is 8.85. The second kappa shape index (κ2) is 5.52. The van der Waals surface area contributed by atoms with Gasteiger partial charge in [-0.05, 0) is 32.0 Å². The van der Waals surface area contributed by atoms with Gasteiger partial charge in [-0.15, -0.1) is 0 Å². The topological polar surface area (TPSA) is 82.2 Å². The quantitative estimate of drug-likeness (QED) is 0.472. The van der Waals surface area contributed by atoms with Crippen LogP contribution in [0, 0.1) is 16.7 Å². The van der Waals surface area contributed by atoms with Gasteiger partial charge in [0.2, 0.25) is 5.91 Å². The van der Waals surface area contributed by atoms with Gasteiger partial charge in [-0.25, -0.2) is 5.84 Å². The number of anilines is 1. The molecule has 3 N–H and O–H groups in total. The minimum atomic E-state index is -0.605. The summed E-state index contributed by atoms with van der Waals surface area (Å²) in [5.74, 6) is 4.94. The van der Waals surface area contributed by atoms with E-state index in [9.17, 15) is 4.79 Å². The highest BCUT2D eigenvalue weighted by Gasteiger charge is 2.28. The van der Waals surface area contributed by atoms with E-state index in [0.717, 1.165) is 5.69 Å². The van der Waals surface area contributed by atoms with Crippen molar-refractivity contribution in [2.75, 3.05) is 18.5 Å². The Balaban J connectivity index is 2.85. The molecule has 1 rings (SSSR count). The number of hydrogen-bond acceptors (Lipinski definition) is 4. The Labute approximate surface area is 107 Å². The molecular weight excluding hydrogens is 228 g/mol. The van der Waals surface area contributed by atoms with Crippen molar-refractivity contribution in [3.8, 4) is 6.07 Å². The molecule has 0 aliphatic rings. The Bertz CT molecular complexity index is 476. The zero-order valence-electron chi connectivity index (χ0n) is 10.9. The van der Waals surface area contributed by atoms with Crippen molar-refractivity contribution >= 4 is 11.6 Å². The van der Waals surface area contributed by atoms with Gasteiger partial charge in [-0.2, -0.15) is 5.26 Å². The molecular formula is C13H18N4O. The van der Waals surface area contributed by atoms with E-state index < -0.39 is 5.41 Å². The van der Waals surface area contributed by atoms with Crippen LogP contribution in [0.5, 0.6) is 0 Å². The maximum Gasteiger partial charge on any atom is 0.241 e. The highest BCUT2D eigenvalue weighted by molar-refractivity contribution is 5.82. The first-order valence-electron chi connectivity index (χ1n) is 5.63. The molecule has 5 nitrogen and oxygen atoms in total. The number of benzene rings is 1. The highest BCUT2D eigenvalue weighted by Crippen LogP contribution is 2.21. The molecule has 0 bridgehead atoms. The number of carbonyl (C=O) groups excluding carboxylic acids is 1. The number of hydrazine groups is 1. The van der Waals surface area contributed by atoms with E-state index >= 15 is 0 Å². The summed E-state index contributed by atoms with van der Waals surface area (Å²) in [5.41, 5.74) is 3.05. The first-order valence-corrected chi connectivity index (χ1v) is 5.63. The van der Waals surface area contributed by atoms with E-state index in [-0.39, 0.29) is 5.91 Å². The van der Waals surface area contributed by atoms with Gasteiger partial charge < -0.3 is 4.90 Å². The molecule has 0 aromatic heterocycles. The van der Waals surface area contributed by atoms with Crippen LogP contribution < -0.4 is 16.2 Å². The molecule has 0 aliphatic carbocycles. The Kier molecular flexibility index (Phi) is 4.29. The summed E-state index contributed by atoms with van der Waals surface area (Å²) < 4.78 is 0. The second-order valence-electron chi connectivity index (χ2n) is 4.88. The van der Waals surface area contributed by atoms with Crippen molar-refractivity contribution in [2.45, 2.75) is 13.8 Å². The molecule has 0 atom stereocenters. The molecule has 1 aromatic carbocycles. The number of nitrogens with two attached hydrogens (primary N) is 1. The Morgan fingerprint density at radius 3 is 2.78 bits per heavy atom. The molecule has 96 valence electrons. The van der Waals surface area contributed by atoms with E-state index in [1.807, 2.05) is 37.9 Å². The molecule has 0 saturated heterocycles. The smallest absolute Gasteiger partial charge is 0.241 e. The number of rotatable bonds is 4. The standard InChI is InChI=1S/C13H18N4O/c1-13(2,12(18)16-15)9-17(3)11-6-4-5-10(7-11)8-14/h4-7H,9,15H2,1-3H3,(H,16,18). The third-order valence-electron chi connectivity index (χ3n) is 2.79. The lowest BCUT2D eigenvalue weighted by molar-refractivity contribution is -0.128. The third kappa shape index (κ3) is 3.22. The number of hydrogen-bond donors (Lipinski definition) is 2. The first-order chi connectivity index (χ1) is 8.40. The van der Waals surface area contributed by atoms with Crippen LogP contribution in [0.4, 0.5) is 5.69 Å². The van der Waals surface area contributed by atoms with E-state index in [1.165, 1.54) is 0 Å². The largest absolute Gasteiger partial charge is 0.374 e. The average molecular weight is 246 g/mol.